The number of amides is 2. The summed E-state index contributed by atoms with van der Waals surface area (Å²) in [5.41, 5.74) is 2.05. The summed E-state index contributed by atoms with van der Waals surface area (Å²) in [6.45, 7) is 2.95. The summed E-state index contributed by atoms with van der Waals surface area (Å²) in [5.74, 6) is 2.54. The Morgan fingerprint density at radius 2 is 2.07 bits per heavy atom. The number of ether oxygens (including phenoxy) is 2. The van der Waals surface area contributed by atoms with E-state index in [0.717, 1.165) is 17.9 Å². The number of carbonyl (C=O) groups excluding carboxylic acids is 1. The molecule has 1 aliphatic rings. The lowest BCUT2D eigenvalue weighted by atomic mass is 10.3. The molecule has 8 heteroatoms. The quantitative estimate of drug-likeness (QED) is 0.606. The van der Waals surface area contributed by atoms with Crippen molar-refractivity contribution >= 4 is 17.1 Å². The van der Waals surface area contributed by atoms with E-state index >= 15 is 0 Å². The highest BCUT2D eigenvalue weighted by Gasteiger charge is 2.22. The Morgan fingerprint density at radius 1 is 1.24 bits per heavy atom. The molecule has 1 aliphatic carbocycles. The molecule has 152 valence electrons. The van der Waals surface area contributed by atoms with Crippen molar-refractivity contribution in [3.05, 3.63) is 36.5 Å². The molecule has 0 bridgehead atoms. The number of carbonyl (C=O) groups is 1. The minimum absolute atomic E-state index is 0.136. The number of nitrogens with zero attached hydrogens (tertiary/aromatic N) is 2. The van der Waals surface area contributed by atoms with Gasteiger partial charge in [-0.3, -0.25) is 0 Å². The van der Waals surface area contributed by atoms with Crippen molar-refractivity contribution in [1.82, 2.24) is 20.6 Å². The highest BCUT2D eigenvalue weighted by molar-refractivity contribution is 5.77. The van der Waals surface area contributed by atoms with Gasteiger partial charge in [0.25, 0.3) is 0 Å². The van der Waals surface area contributed by atoms with Gasteiger partial charge in [0, 0.05) is 13.1 Å². The van der Waals surface area contributed by atoms with E-state index in [9.17, 15) is 4.79 Å². The van der Waals surface area contributed by atoms with Gasteiger partial charge in [-0.25, -0.2) is 14.8 Å². The van der Waals surface area contributed by atoms with Crippen molar-refractivity contribution in [3.63, 3.8) is 0 Å². The smallest absolute Gasteiger partial charge is 0.314 e. The first kappa shape index (κ1) is 19.0. The minimum atomic E-state index is -0.244. The van der Waals surface area contributed by atoms with Crippen molar-refractivity contribution in [2.24, 2.45) is 5.92 Å². The molecule has 4 rings (SSSR count). The van der Waals surface area contributed by atoms with Gasteiger partial charge >= 0.3 is 6.03 Å². The number of hydrogen-bond donors (Lipinski definition) is 2. The molecular formula is C21H24N4O4. The van der Waals surface area contributed by atoms with Crippen LogP contribution in [0, 0.1) is 5.92 Å². The summed E-state index contributed by atoms with van der Waals surface area (Å²) < 4.78 is 17.3. The summed E-state index contributed by atoms with van der Waals surface area (Å²) >= 11 is 0. The fourth-order valence-electron chi connectivity index (χ4n) is 2.75. The fourth-order valence-corrected chi connectivity index (χ4v) is 2.75. The number of aromatic nitrogens is 2. The van der Waals surface area contributed by atoms with E-state index in [-0.39, 0.29) is 12.1 Å². The highest BCUT2D eigenvalue weighted by Crippen LogP contribution is 2.31. The van der Waals surface area contributed by atoms with E-state index < -0.39 is 0 Å². The third kappa shape index (κ3) is 4.96. The zero-order chi connectivity index (χ0) is 20.2. The first-order valence-electron chi connectivity index (χ1n) is 9.71. The molecule has 3 aromatic rings. The average molecular weight is 396 g/mol. The van der Waals surface area contributed by atoms with Gasteiger partial charge in [-0.1, -0.05) is 0 Å². The second-order valence-corrected chi connectivity index (χ2v) is 7.22. The Labute approximate surface area is 168 Å². The van der Waals surface area contributed by atoms with Gasteiger partial charge in [-0.2, -0.15) is 0 Å². The maximum absolute atomic E-state index is 11.3. The van der Waals surface area contributed by atoms with Crippen LogP contribution in [-0.4, -0.2) is 42.3 Å². The van der Waals surface area contributed by atoms with Crippen LogP contribution in [0.3, 0.4) is 0 Å². The van der Waals surface area contributed by atoms with E-state index in [0.29, 0.717) is 35.4 Å². The van der Waals surface area contributed by atoms with Gasteiger partial charge in [0.15, 0.2) is 5.58 Å². The summed E-state index contributed by atoms with van der Waals surface area (Å²) in [5, 5.41) is 5.25. The summed E-state index contributed by atoms with van der Waals surface area (Å²) in [6, 6.07) is 8.88. The van der Waals surface area contributed by atoms with E-state index in [4.69, 9.17) is 13.9 Å². The van der Waals surface area contributed by atoms with Crippen molar-refractivity contribution in [1.29, 1.82) is 0 Å². The van der Waals surface area contributed by atoms with Gasteiger partial charge in [0.1, 0.15) is 29.3 Å². The zero-order valence-electron chi connectivity index (χ0n) is 16.5. The third-order valence-electron chi connectivity index (χ3n) is 4.60. The summed E-state index contributed by atoms with van der Waals surface area (Å²) in [6.07, 6.45) is 4.12. The number of pyridine rings is 1. The lowest BCUT2D eigenvalue weighted by molar-refractivity contribution is 0.228. The van der Waals surface area contributed by atoms with Crippen LogP contribution in [0.1, 0.15) is 19.8 Å². The van der Waals surface area contributed by atoms with Crippen LogP contribution in [0.25, 0.3) is 22.7 Å². The van der Waals surface area contributed by atoms with Gasteiger partial charge in [0.05, 0.1) is 18.8 Å². The Kier molecular flexibility index (Phi) is 5.50. The number of hydrogen-bond acceptors (Lipinski definition) is 6. The maximum Gasteiger partial charge on any atom is 0.314 e. The molecule has 2 heterocycles. The molecule has 0 aliphatic heterocycles. The second kappa shape index (κ2) is 8.38. The monoisotopic (exact) mass is 396 g/mol. The van der Waals surface area contributed by atoms with Crippen LogP contribution in [0.5, 0.6) is 11.5 Å². The number of oxazole rings is 1. The Morgan fingerprint density at radius 3 is 2.79 bits per heavy atom. The Hall–Kier alpha value is -3.29. The molecule has 29 heavy (non-hydrogen) atoms. The largest absolute Gasteiger partial charge is 0.493 e. The van der Waals surface area contributed by atoms with Gasteiger partial charge in [-0.05, 0) is 49.9 Å². The number of urea groups is 1. The number of nitrogens with one attached hydrogen (secondary N) is 2. The normalized spacial score (nSPS) is 14.4. The molecule has 0 saturated heterocycles. The minimum Gasteiger partial charge on any atom is -0.493 e. The van der Waals surface area contributed by atoms with Crippen molar-refractivity contribution in [2.45, 2.75) is 25.8 Å². The van der Waals surface area contributed by atoms with E-state index in [1.807, 2.05) is 25.1 Å². The molecule has 0 spiro atoms. The lowest BCUT2D eigenvalue weighted by Crippen LogP contribution is -2.41. The van der Waals surface area contributed by atoms with Gasteiger partial charge < -0.3 is 24.5 Å². The van der Waals surface area contributed by atoms with Crippen molar-refractivity contribution in [2.75, 3.05) is 20.3 Å². The topological polar surface area (TPSA) is 98.5 Å². The van der Waals surface area contributed by atoms with Crippen LogP contribution < -0.4 is 20.1 Å². The molecule has 1 atom stereocenters. The van der Waals surface area contributed by atoms with Crippen LogP contribution in [-0.2, 0) is 0 Å². The summed E-state index contributed by atoms with van der Waals surface area (Å²) in [4.78, 5) is 20.2. The standard InChI is InChI=1S/C21H24N4O4/c1-13(24-21(26)22-2)11-27-16-6-8-18(23-10-16)20-25-17-7-5-15(9-19(17)29-20)28-12-14-3-4-14/h5-10,13-14H,3-4,11-12H2,1-2H3,(H2,22,24,26). The third-order valence-corrected chi connectivity index (χ3v) is 4.60. The van der Waals surface area contributed by atoms with Crippen molar-refractivity contribution < 1.29 is 18.7 Å². The first-order chi connectivity index (χ1) is 14.1. The van der Waals surface area contributed by atoms with E-state index in [1.165, 1.54) is 12.8 Å². The summed E-state index contributed by atoms with van der Waals surface area (Å²) in [7, 11) is 1.57. The molecule has 8 nitrogen and oxygen atoms in total. The van der Waals surface area contributed by atoms with E-state index in [2.05, 4.69) is 20.6 Å². The van der Waals surface area contributed by atoms with E-state index in [1.54, 1.807) is 25.4 Å². The lowest BCUT2D eigenvalue weighted by Gasteiger charge is -2.14. The first-order valence-corrected chi connectivity index (χ1v) is 9.71. The average Bonchev–Trinajstić information content (AvgIpc) is 3.47. The second-order valence-electron chi connectivity index (χ2n) is 7.22. The predicted octanol–water partition coefficient (Wildman–Crippen LogP) is 3.37. The SMILES string of the molecule is CNC(=O)NC(C)COc1ccc(-c2nc3ccc(OCC4CC4)cc3o2)nc1. The highest BCUT2D eigenvalue weighted by atomic mass is 16.5. The molecular weight excluding hydrogens is 372 g/mol. The predicted molar refractivity (Wildman–Crippen MR) is 108 cm³/mol. The maximum atomic E-state index is 11.3. The Balaban J connectivity index is 1.38. The number of rotatable bonds is 8. The Bertz CT molecular complexity index is 982. The molecule has 1 unspecified atom stereocenters. The molecule has 1 aromatic carbocycles. The van der Waals surface area contributed by atoms with Crippen LogP contribution >= 0.6 is 0 Å². The molecule has 1 fully saturated rings. The molecule has 1 saturated carbocycles. The van der Waals surface area contributed by atoms with Gasteiger partial charge in [0.2, 0.25) is 5.89 Å². The molecule has 2 amide bonds. The zero-order valence-corrected chi connectivity index (χ0v) is 16.5. The number of benzene rings is 1. The van der Waals surface area contributed by atoms with Crippen LogP contribution in [0.2, 0.25) is 0 Å². The molecule has 0 radical (unpaired) electrons. The van der Waals surface area contributed by atoms with Gasteiger partial charge in [-0.15, -0.1) is 0 Å². The fraction of sp³-hybridized carbons (Fsp3) is 0.381. The molecule has 2 N–H and O–H groups in total. The number of fused-ring (bicyclic) bond motifs is 1. The van der Waals surface area contributed by atoms with Crippen molar-refractivity contribution in [3.8, 4) is 23.1 Å². The molecule has 2 aromatic heterocycles. The van der Waals surface area contributed by atoms with Crippen LogP contribution in [0.4, 0.5) is 4.79 Å². The van der Waals surface area contributed by atoms with Crippen LogP contribution in [0.15, 0.2) is 40.9 Å².